The molecule has 1 aliphatic rings. The van der Waals surface area contributed by atoms with Crippen LogP contribution in [-0.4, -0.2) is 27.3 Å². The maximum atomic E-state index is 13.0. The molecule has 1 amide bonds. The van der Waals surface area contributed by atoms with Crippen molar-refractivity contribution in [3.63, 3.8) is 0 Å². The van der Waals surface area contributed by atoms with E-state index in [0.717, 1.165) is 18.5 Å². The number of amides is 1. The fraction of sp³-hybridized carbons (Fsp3) is 0.316. The second-order valence-electron chi connectivity index (χ2n) is 6.34. The highest BCUT2D eigenvalue weighted by molar-refractivity contribution is 7.99. The summed E-state index contributed by atoms with van der Waals surface area (Å²) in [6, 6.07) is 11.6. The third-order valence-corrected chi connectivity index (χ3v) is 6.35. The topological polar surface area (TPSA) is 64.0 Å². The maximum Gasteiger partial charge on any atom is 0.276 e. The predicted octanol–water partition coefficient (Wildman–Crippen LogP) is 3.60. The minimum atomic E-state index is -0.0881. The Bertz CT molecular complexity index is 975. The number of benzene rings is 1. The number of para-hydroxylation sites is 1. The predicted molar refractivity (Wildman–Crippen MR) is 106 cm³/mol. The zero-order valence-electron chi connectivity index (χ0n) is 14.2. The molecule has 1 aliphatic carbocycles. The standard InChI is InChI=1S/C19H19N3O2S2/c23-16(20-13-6-4-5-7-13)12-26-19-21-15-10-11-25-17(15)18(24)22(19)14-8-2-1-3-9-14/h1-3,8-11,13H,4-7,12H2,(H,20,23). The molecule has 26 heavy (non-hydrogen) atoms. The summed E-state index contributed by atoms with van der Waals surface area (Å²) in [6.45, 7) is 0. The Morgan fingerprint density at radius 3 is 2.77 bits per heavy atom. The Kier molecular flexibility index (Phi) is 5.08. The van der Waals surface area contributed by atoms with E-state index in [2.05, 4.69) is 10.3 Å². The van der Waals surface area contributed by atoms with Gasteiger partial charge >= 0.3 is 0 Å². The van der Waals surface area contributed by atoms with Crippen LogP contribution in [0.15, 0.2) is 51.7 Å². The lowest BCUT2D eigenvalue weighted by atomic mass is 10.2. The van der Waals surface area contributed by atoms with E-state index in [1.807, 2.05) is 41.8 Å². The van der Waals surface area contributed by atoms with Crippen molar-refractivity contribution in [1.82, 2.24) is 14.9 Å². The lowest BCUT2D eigenvalue weighted by Crippen LogP contribution is -2.34. The van der Waals surface area contributed by atoms with Gasteiger partial charge in [-0.3, -0.25) is 14.2 Å². The van der Waals surface area contributed by atoms with Gasteiger partial charge < -0.3 is 5.32 Å². The highest BCUT2D eigenvalue weighted by atomic mass is 32.2. The largest absolute Gasteiger partial charge is 0.353 e. The van der Waals surface area contributed by atoms with Crippen molar-refractivity contribution in [2.45, 2.75) is 36.9 Å². The average molecular weight is 386 g/mol. The lowest BCUT2D eigenvalue weighted by Gasteiger charge is -2.14. The summed E-state index contributed by atoms with van der Waals surface area (Å²) in [7, 11) is 0. The van der Waals surface area contributed by atoms with Crippen molar-refractivity contribution in [1.29, 1.82) is 0 Å². The molecule has 3 aromatic rings. The summed E-state index contributed by atoms with van der Waals surface area (Å²) in [5.41, 5.74) is 1.36. The number of aromatic nitrogens is 2. The van der Waals surface area contributed by atoms with Gasteiger partial charge in [-0.2, -0.15) is 0 Å². The third kappa shape index (κ3) is 3.54. The molecule has 1 N–H and O–H groups in total. The van der Waals surface area contributed by atoms with Crippen LogP contribution in [0.5, 0.6) is 0 Å². The zero-order chi connectivity index (χ0) is 17.9. The van der Waals surface area contributed by atoms with Crippen LogP contribution in [0.3, 0.4) is 0 Å². The van der Waals surface area contributed by atoms with Crippen molar-refractivity contribution in [2.24, 2.45) is 0 Å². The Balaban J connectivity index is 1.63. The number of nitrogens with zero attached hydrogens (tertiary/aromatic N) is 2. The first-order valence-corrected chi connectivity index (χ1v) is 10.6. The summed E-state index contributed by atoms with van der Waals surface area (Å²) >= 11 is 2.70. The van der Waals surface area contributed by atoms with Crippen LogP contribution in [0, 0.1) is 0 Å². The summed E-state index contributed by atoms with van der Waals surface area (Å²) < 4.78 is 2.24. The number of thiophene rings is 1. The Morgan fingerprint density at radius 2 is 2.00 bits per heavy atom. The van der Waals surface area contributed by atoms with Gasteiger partial charge in [0.2, 0.25) is 5.91 Å². The Hall–Kier alpha value is -2.12. The Morgan fingerprint density at radius 1 is 1.23 bits per heavy atom. The number of hydrogen-bond acceptors (Lipinski definition) is 5. The van der Waals surface area contributed by atoms with E-state index in [-0.39, 0.29) is 17.2 Å². The zero-order valence-corrected chi connectivity index (χ0v) is 15.8. The molecule has 0 unspecified atom stereocenters. The molecule has 0 aliphatic heterocycles. The Labute approximate surface area is 159 Å². The van der Waals surface area contributed by atoms with E-state index < -0.39 is 0 Å². The van der Waals surface area contributed by atoms with E-state index in [4.69, 9.17) is 0 Å². The van der Waals surface area contributed by atoms with Gasteiger partial charge in [0.1, 0.15) is 4.70 Å². The number of thioether (sulfide) groups is 1. The number of carbonyl (C=O) groups excluding carboxylic acids is 1. The van der Waals surface area contributed by atoms with E-state index in [9.17, 15) is 9.59 Å². The SMILES string of the molecule is O=C(CSc1nc2ccsc2c(=O)n1-c1ccccc1)NC1CCCC1. The molecule has 7 heteroatoms. The molecule has 4 rings (SSSR count). The van der Waals surface area contributed by atoms with Crippen LogP contribution < -0.4 is 10.9 Å². The van der Waals surface area contributed by atoms with Crippen LogP contribution in [0.2, 0.25) is 0 Å². The lowest BCUT2D eigenvalue weighted by molar-refractivity contribution is -0.119. The first-order chi connectivity index (χ1) is 12.7. The molecule has 0 spiro atoms. The molecule has 0 atom stereocenters. The van der Waals surface area contributed by atoms with Crippen molar-refractivity contribution >= 4 is 39.2 Å². The molecule has 134 valence electrons. The number of carbonyl (C=O) groups is 1. The molecule has 2 heterocycles. The molecular weight excluding hydrogens is 366 g/mol. The highest BCUT2D eigenvalue weighted by Crippen LogP contribution is 2.24. The van der Waals surface area contributed by atoms with Gasteiger partial charge in [-0.1, -0.05) is 42.8 Å². The van der Waals surface area contributed by atoms with Gasteiger partial charge in [-0.25, -0.2) is 4.98 Å². The molecule has 0 bridgehead atoms. The van der Waals surface area contributed by atoms with Crippen molar-refractivity contribution in [3.05, 3.63) is 52.1 Å². The van der Waals surface area contributed by atoms with Crippen molar-refractivity contribution in [2.75, 3.05) is 5.75 Å². The van der Waals surface area contributed by atoms with Gasteiger partial charge in [0.15, 0.2) is 5.16 Å². The van der Waals surface area contributed by atoms with Crippen molar-refractivity contribution in [3.8, 4) is 5.69 Å². The van der Waals surface area contributed by atoms with Gasteiger partial charge in [-0.05, 0) is 36.4 Å². The molecule has 2 aromatic heterocycles. The van der Waals surface area contributed by atoms with Gasteiger partial charge in [-0.15, -0.1) is 11.3 Å². The fourth-order valence-electron chi connectivity index (χ4n) is 3.26. The monoisotopic (exact) mass is 385 g/mol. The number of rotatable bonds is 5. The first kappa shape index (κ1) is 17.3. The minimum absolute atomic E-state index is 0.00109. The van der Waals surface area contributed by atoms with Crippen LogP contribution in [0.1, 0.15) is 25.7 Å². The fourth-order valence-corrected chi connectivity index (χ4v) is 4.85. The van der Waals surface area contributed by atoms with Gasteiger partial charge in [0.25, 0.3) is 5.56 Å². The second kappa shape index (κ2) is 7.63. The highest BCUT2D eigenvalue weighted by Gasteiger charge is 2.19. The van der Waals surface area contributed by atoms with Crippen molar-refractivity contribution < 1.29 is 4.79 Å². The molecule has 0 saturated heterocycles. The number of fused-ring (bicyclic) bond motifs is 1. The molecule has 0 radical (unpaired) electrons. The van der Waals surface area contributed by atoms with Gasteiger partial charge in [0.05, 0.1) is 17.0 Å². The minimum Gasteiger partial charge on any atom is -0.353 e. The molecule has 1 fully saturated rings. The quantitative estimate of drug-likeness (QED) is 0.538. The first-order valence-electron chi connectivity index (χ1n) is 8.70. The van der Waals surface area contributed by atoms with Crippen LogP contribution >= 0.6 is 23.1 Å². The second-order valence-corrected chi connectivity index (χ2v) is 8.20. The van der Waals surface area contributed by atoms with Crippen LogP contribution in [0.4, 0.5) is 0 Å². The van der Waals surface area contributed by atoms with Gasteiger partial charge in [0, 0.05) is 6.04 Å². The smallest absolute Gasteiger partial charge is 0.276 e. The molecule has 1 aromatic carbocycles. The number of hydrogen-bond donors (Lipinski definition) is 1. The maximum absolute atomic E-state index is 13.0. The average Bonchev–Trinajstić information content (AvgIpc) is 3.32. The van der Waals surface area contributed by atoms with E-state index in [1.165, 1.54) is 35.9 Å². The molecule has 1 saturated carbocycles. The van der Waals surface area contributed by atoms with Crippen LogP contribution in [-0.2, 0) is 4.79 Å². The van der Waals surface area contributed by atoms with E-state index in [0.29, 0.717) is 21.4 Å². The number of nitrogens with one attached hydrogen (secondary N) is 1. The molecule has 5 nitrogen and oxygen atoms in total. The summed E-state index contributed by atoms with van der Waals surface area (Å²) in [4.78, 5) is 29.9. The summed E-state index contributed by atoms with van der Waals surface area (Å²) in [5, 5.41) is 5.50. The normalized spacial score (nSPS) is 14.8. The third-order valence-electron chi connectivity index (χ3n) is 4.52. The summed E-state index contributed by atoms with van der Waals surface area (Å²) in [5.74, 6) is 0.256. The van der Waals surface area contributed by atoms with E-state index in [1.54, 1.807) is 4.57 Å². The van der Waals surface area contributed by atoms with Crippen LogP contribution in [0.25, 0.3) is 15.9 Å². The summed E-state index contributed by atoms with van der Waals surface area (Å²) in [6.07, 6.45) is 4.48. The molecular formula is C19H19N3O2S2. The van der Waals surface area contributed by atoms with E-state index >= 15 is 0 Å².